The van der Waals surface area contributed by atoms with Gasteiger partial charge in [0, 0.05) is 10.9 Å². The third kappa shape index (κ3) is 2.41. The van der Waals surface area contributed by atoms with Gasteiger partial charge in [0.2, 0.25) is 0 Å². The van der Waals surface area contributed by atoms with Crippen molar-refractivity contribution in [2.45, 2.75) is 32.2 Å². The molecule has 1 aliphatic rings. The summed E-state index contributed by atoms with van der Waals surface area (Å²) in [7, 11) is 0. The van der Waals surface area contributed by atoms with Crippen LogP contribution in [-0.2, 0) is 6.42 Å². The lowest BCUT2D eigenvalue weighted by molar-refractivity contribution is -0.384. The van der Waals surface area contributed by atoms with Crippen molar-refractivity contribution in [1.29, 1.82) is 0 Å². The Balaban J connectivity index is 1.93. The number of rotatable bonds is 3. The van der Waals surface area contributed by atoms with Crippen LogP contribution in [0.1, 0.15) is 34.9 Å². The molecule has 1 N–H and O–H groups in total. The van der Waals surface area contributed by atoms with Crippen LogP contribution >= 0.6 is 11.3 Å². The van der Waals surface area contributed by atoms with Gasteiger partial charge in [0.1, 0.15) is 5.69 Å². The number of fused-ring (bicyclic) bond motifs is 1. The maximum Gasteiger partial charge on any atom is 0.292 e. The summed E-state index contributed by atoms with van der Waals surface area (Å²) in [4.78, 5) is 12.2. The van der Waals surface area contributed by atoms with E-state index in [1.165, 1.54) is 10.4 Å². The molecule has 1 heterocycles. The zero-order valence-electron chi connectivity index (χ0n) is 11.3. The van der Waals surface area contributed by atoms with E-state index < -0.39 is 0 Å². The van der Waals surface area contributed by atoms with Gasteiger partial charge < -0.3 is 5.32 Å². The van der Waals surface area contributed by atoms with Crippen LogP contribution < -0.4 is 5.32 Å². The number of benzene rings is 1. The molecule has 2 aromatic rings. The molecule has 1 unspecified atom stereocenters. The molecule has 0 radical (unpaired) electrons. The van der Waals surface area contributed by atoms with E-state index in [1.807, 2.05) is 13.0 Å². The first-order chi connectivity index (χ1) is 9.65. The molecule has 1 aliphatic carbocycles. The van der Waals surface area contributed by atoms with E-state index in [1.54, 1.807) is 23.5 Å². The molecule has 1 atom stereocenters. The van der Waals surface area contributed by atoms with E-state index in [4.69, 9.17) is 0 Å². The van der Waals surface area contributed by atoms with Crippen LogP contribution in [0.25, 0.3) is 0 Å². The normalized spacial score (nSPS) is 17.6. The van der Waals surface area contributed by atoms with Crippen molar-refractivity contribution < 1.29 is 4.92 Å². The molecular formula is C15H16N2O2S. The summed E-state index contributed by atoms with van der Waals surface area (Å²) in [6.45, 7) is 1.95. The second-order valence-electron chi connectivity index (χ2n) is 5.17. The second-order valence-corrected chi connectivity index (χ2v) is 6.17. The second kappa shape index (κ2) is 5.25. The molecule has 0 aliphatic heterocycles. The predicted octanol–water partition coefficient (Wildman–Crippen LogP) is 4.45. The smallest absolute Gasteiger partial charge is 0.292 e. The van der Waals surface area contributed by atoms with Crippen molar-refractivity contribution >= 4 is 22.7 Å². The van der Waals surface area contributed by atoms with Crippen LogP contribution in [-0.4, -0.2) is 4.92 Å². The maximum absolute atomic E-state index is 11.1. The average molecular weight is 288 g/mol. The van der Waals surface area contributed by atoms with Crippen LogP contribution in [0.15, 0.2) is 29.6 Å². The fraction of sp³-hybridized carbons (Fsp3) is 0.333. The van der Waals surface area contributed by atoms with Gasteiger partial charge in [0.05, 0.1) is 11.0 Å². The SMILES string of the molecule is Cc1ccc([N+](=O)[O-])c(NC2CCCc3sccc32)c1. The van der Waals surface area contributed by atoms with Crippen molar-refractivity contribution in [2.75, 3.05) is 5.32 Å². The highest BCUT2D eigenvalue weighted by molar-refractivity contribution is 7.10. The minimum absolute atomic E-state index is 0.151. The van der Waals surface area contributed by atoms with Crippen molar-refractivity contribution in [3.8, 4) is 0 Å². The Labute approximate surface area is 121 Å². The van der Waals surface area contributed by atoms with Crippen molar-refractivity contribution in [1.82, 2.24) is 0 Å². The van der Waals surface area contributed by atoms with Gasteiger partial charge in [-0.2, -0.15) is 0 Å². The van der Waals surface area contributed by atoms with Gasteiger partial charge in [-0.3, -0.25) is 10.1 Å². The Morgan fingerprint density at radius 3 is 3.05 bits per heavy atom. The molecule has 0 saturated carbocycles. The van der Waals surface area contributed by atoms with Crippen molar-refractivity contribution in [3.63, 3.8) is 0 Å². The minimum atomic E-state index is -0.320. The Morgan fingerprint density at radius 1 is 1.40 bits per heavy atom. The number of nitro groups is 1. The molecule has 0 amide bonds. The number of hydrogen-bond acceptors (Lipinski definition) is 4. The Bertz CT molecular complexity index is 651. The Morgan fingerprint density at radius 2 is 2.25 bits per heavy atom. The van der Waals surface area contributed by atoms with Crippen molar-refractivity contribution in [3.05, 3.63) is 55.8 Å². The molecule has 0 bridgehead atoms. The van der Waals surface area contributed by atoms with E-state index in [2.05, 4.69) is 16.8 Å². The molecule has 4 nitrogen and oxygen atoms in total. The lowest BCUT2D eigenvalue weighted by atomic mass is 9.93. The van der Waals surface area contributed by atoms with Gasteiger partial charge in [0.15, 0.2) is 0 Å². The quantitative estimate of drug-likeness (QED) is 0.670. The first kappa shape index (κ1) is 13.1. The number of hydrogen-bond donors (Lipinski definition) is 1. The summed E-state index contributed by atoms with van der Waals surface area (Å²) in [5, 5.41) is 16.6. The molecule has 1 aromatic heterocycles. The maximum atomic E-state index is 11.1. The van der Waals surface area contributed by atoms with E-state index in [0.29, 0.717) is 5.69 Å². The summed E-state index contributed by atoms with van der Waals surface area (Å²) >= 11 is 1.78. The summed E-state index contributed by atoms with van der Waals surface area (Å²) in [6.07, 6.45) is 3.28. The molecule has 1 aromatic carbocycles. The van der Waals surface area contributed by atoms with Gasteiger partial charge in [-0.1, -0.05) is 6.07 Å². The summed E-state index contributed by atoms with van der Waals surface area (Å²) in [6, 6.07) is 7.54. The zero-order chi connectivity index (χ0) is 14.1. The number of nitro benzene ring substituents is 1. The van der Waals surface area contributed by atoms with E-state index in [9.17, 15) is 10.1 Å². The van der Waals surface area contributed by atoms with Crippen LogP contribution in [0.4, 0.5) is 11.4 Å². The predicted molar refractivity (Wildman–Crippen MR) is 81.5 cm³/mol. The van der Waals surface area contributed by atoms with E-state index >= 15 is 0 Å². The van der Waals surface area contributed by atoms with Gasteiger partial charge in [-0.25, -0.2) is 0 Å². The van der Waals surface area contributed by atoms with Crippen LogP contribution in [0, 0.1) is 17.0 Å². The largest absolute Gasteiger partial charge is 0.373 e. The molecule has 3 rings (SSSR count). The highest BCUT2D eigenvalue weighted by Gasteiger charge is 2.23. The highest BCUT2D eigenvalue weighted by Crippen LogP contribution is 2.37. The fourth-order valence-corrected chi connectivity index (χ4v) is 3.74. The molecule has 5 heteroatoms. The topological polar surface area (TPSA) is 55.2 Å². The van der Waals surface area contributed by atoms with Crippen LogP contribution in [0.3, 0.4) is 0 Å². The number of nitrogens with zero attached hydrogens (tertiary/aromatic N) is 1. The highest BCUT2D eigenvalue weighted by atomic mass is 32.1. The molecule has 104 valence electrons. The Hall–Kier alpha value is -1.88. The van der Waals surface area contributed by atoms with Gasteiger partial charge in [-0.05, 0) is 54.8 Å². The minimum Gasteiger partial charge on any atom is -0.373 e. The lowest BCUT2D eigenvalue weighted by Gasteiger charge is -2.24. The number of thiophene rings is 1. The fourth-order valence-electron chi connectivity index (χ4n) is 2.75. The molecular weight excluding hydrogens is 272 g/mol. The van der Waals surface area contributed by atoms with Gasteiger partial charge in [-0.15, -0.1) is 11.3 Å². The summed E-state index contributed by atoms with van der Waals surface area (Å²) in [5.41, 5.74) is 3.11. The summed E-state index contributed by atoms with van der Waals surface area (Å²) in [5.74, 6) is 0. The van der Waals surface area contributed by atoms with Crippen LogP contribution in [0.2, 0.25) is 0 Å². The standard InChI is InChI=1S/C15H16N2O2S/c1-10-5-6-14(17(18)19)13(9-10)16-12-3-2-4-15-11(12)7-8-20-15/h5-9,12,16H,2-4H2,1H3. The summed E-state index contributed by atoms with van der Waals surface area (Å²) < 4.78 is 0. The number of nitrogens with one attached hydrogen (secondary N) is 1. The zero-order valence-corrected chi connectivity index (χ0v) is 12.1. The number of anilines is 1. The third-order valence-corrected chi connectivity index (χ3v) is 4.73. The van der Waals surface area contributed by atoms with Gasteiger partial charge in [0.25, 0.3) is 5.69 Å². The molecule has 20 heavy (non-hydrogen) atoms. The molecule has 0 saturated heterocycles. The first-order valence-electron chi connectivity index (χ1n) is 6.73. The molecule has 0 fully saturated rings. The van der Waals surface area contributed by atoms with E-state index in [-0.39, 0.29) is 16.7 Å². The van der Waals surface area contributed by atoms with Gasteiger partial charge >= 0.3 is 0 Å². The lowest BCUT2D eigenvalue weighted by Crippen LogP contribution is -2.16. The first-order valence-corrected chi connectivity index (χ1v) is 7.61. The Kier molecular flexibility index (Phi) is 3.44. The average Bonchev–Trinajstić information content (AvgIpc) is 2.88. The monoisotopic (exact) mass is 288 g/mol. The molecule has 0 spiro atoms. The van der Waals surface area contributed by atoms with Crippen LogP contribution in [0.5, 0.6) is 0 Å². The van der Waals surface area contributed by atoms with E-state index in [0.717, 1.165) is 24.8 Å². The van der Waals surface area contributed by atoms with Crippen molar-refractivity contribution in [2.24, 2.45) is 0 Å². The third-order valence-electron chi connectivity index (χ3n) is 3.73. The number of aryl methyl sites for hydroxylation is 2.